The van der Waals surface area contributed by atoms with E-state index in [-0.39, 0.29) is 11.4 Å². The highest BCUT2D eigenvalue weighted by Gasteiger charge is 2.21. The highest BCUT2D eigenvalue weighted by Crippen LogP contribution is 2.16. The molecule has 0 aliphatic heterocycles. The Kier molecular flexibility index (Phi) is 6.03. The van der Waals surface area contributed by atoms with E-state index in [0.29, 0.717) is 6.42 Å². The molecule has 0 radical (unpaired) electrons. The number of rotatable bonds is 7. The zero-order valence-corrected chi connectivity index (χ0v) is 12.5. The van der Waals surface area contributed by atoms with E-state index in [1.54, 1.807) is 0 Å². The van der Waals surface area contributed by atoms with Crippen molar-refractivity contribution < 1.29 is 4.79 Å². The molecule has 0 heterocycles. The predicted octanol–water partition coefficient (Wildman–Crippen LogP) is 2.43. The fourth-order valence-electron chi connectivity index (χ4n) is 2.19. The first-order valence-corrected chi connectivity index (χ1v) is 6.95. The Hall–Kier alpha value is -1.35. The quantitative estimate of drug-likeness (QED) is 0.741. The van der Waals surface area contributed by atoms with E-state index >= 15 is 0 Å². The molecule has 0 saturated heterocycles. The van der Waals surface area contributed by atoms with E-state index in [2.05, 4.69) is 43.5 Å². The van der Waals surface area contributed by atoms with Crippen LogP contribution in [-0.2, 0) is 11.2 Å². The summed E-state index contributed by atoms with van der Waals surface area (Å²) in [6.07, 6.45) is 2.32. The largest absolute Gasteiger partial charge is 0.351 e. The minimum Gasteiger partial charge on any atom is -0.351 e. The van der Waals surface area contributed by atoms with Crippen LogP contribution in [0.5, 0.6) is 0 Å². The second kappa shape index (κ2) is 7.29. The van der Waals surface area contributed by atoms with Gasteiger partial charge in [0.25, 0.3) is 0 Å². The Balaban J connectivity index is 2.52. The molecule has 3 heteroatoms. The summed E-state index contributed by atoms with van der Waals surface area (Å²) < 4.78 is 0. The fourth-order valence-corrected chi connectivity index (χ4v) is 2.19. The summed E-state index contributed by atoms with van der Waals surface area (Å²) in [6, 6.07) is 8.33. The molecule has 0 fully saturated rings. The Labute approximate surface area is 116 Å². The first kappa shape index (κ1) is 15.7. The number of amides is 1. The van der Waals surface area contributed by atoms with Gasteiger partial charge in [0.2, 0.25) is 5.91 Å². The summed E-state index contributed by atoms with van der Waals surface area (Å²) in [5, 5.41) is 6.18. The molecule has 0 spiro atoms. The zero-order chi connectivity index (χ0) is 14.3. The van der Waals surface area contributed by atoms with Gasteiger partial charge in [0.05, 0.1) is 0 Å². The monoisotopic (exact) mass is 262 g/mol. The van der Waals surface area contributed by atoms with Gasteiger partial charge in [-0.1, -0.05) is 24.3 Å². The third-order valence-corrected chi connectivity index (χ3v) is 3.20. The Morgan fingerprint density at radius 2 is 1.95 bits per heavy atom. The number of hydrogen-bond donors (Lipinski definition) is 2. The van der Waals surface area contributed by atoms with Crippen molar-refractivity contribution in [2.75, 3.05) is 13.6 Å². The third kappa shape index (κ3) is 5.88. The first-order chi connectivity index (χ1) is 8.94. The molecule has 0 aliphatic carbocycles. The highest BCUT2D eigenvalue weighted by molar-refractivity contribution is 5.76. The molecule has 0 aromatic heterocycles. The molecule has 0 bridgehead atoms. The van der Waals surface area contributed by atoms with Gasteiger partial charge >= 0.3 is 0 Å². The van der Waals surface area contributed by atoms with E-state index in [1.165, 1.54) is 11.1 Å². The number of aryl methyl sites for hydroxylation is 1. The van der Waals surface area contributed by atoms with Crippen molar-refractivity contribution in [1.29, 1.82) is 0 Å². The van der Waals surface area contributed by atoms with Gasteiger partial charge in [0.15, 0.2) is 0 Å². The summed E-state index contributed by atoms with van der Waals surface area (Å²) in [7, 11) is 1.90. The van der Waals surface area contributed by atoms with Crippen LogP contribution in [0.4, 0.5) is 0 Å². The van der Waals surface area contributed by atoms with Crippen LogP contribution in [0.15, 0.2) is 24.3 Å². The lowest BCUT2D eigenvalue weighted by molar-refractivity contribution is -0.122. The lowest BCUT2D eigenvalue weighted by Crippen LogP contribution is -2.45. The molecule has 1 aromatic carbocycles. The Morgan fingerprint density at radius 3 is 2.58 bits per heavy atom. The van der Waals surface area contributed by atoms with Crippen molar-refractivity contribution in [1.82, 2.24) is 10.6 Å². The van der Waals surface area contributed by atoms with Crippen LogP contribution < -0.4 is 10.6 Å². The second-order valence-corrected chi connectivity index (χ2v) is 5.74. The molecule has 0 aliphatic rings. The average molecular weight is 262 g/mol. The number of carbonyl (C=O) groups is 1. The average Bonchev–Trinajstić information content (AvgIpc) is 2.31. The maximum atomic E-state index is 11.9. The van der Waals surface area contributed by atoms with Crippen molar-refractivity contribution in [3.63, 3.8) is 0 Å². The summed E-state index contributed by atoms with van der Waals surface area (Å²) in [6.45, 7) is 7.15. The van der Waals surface area contributed by atoms with Gasteiger partial charge in [-0.15, -0.1) is 0 Å². The number of nitrogens with one attached hydrogen (secondary N) is 2. The molecule has 1 rings (SSSR count). The summed E-state index contributed by atoms with van der Waals surface area (Å²) >= 11 is 0. The Morgan fingerprint density at radius 1 is 1.26 bits per heavy atom. The number of benzene rings is 1. The van der Waals surface area contributed by atoms with Crippen LogP contribution in [0.3, 0.4) is 0 Å². The minimum atomic E-state index is -0.206. The molecule has 0 unspecified atom stereocenters. The van der Waals surface area contributed by atoms with E-state index in [9.17, 15) is 4.79 Å². The fraction of sp³-hybridized carbons (Fsp3) is 0.562. The summed E-state index contributed by atoms with van der Waals surface area (Å²) in [4.78, 5) is 11.9. The molecule has 2 N–H and O–H groups in total. The van der Waals surface area contributed by atoms with Crippen LogP contribution in [0.25, 0.3) is 0 Å². The smallest absolute Gasteiger partial charge is 0.220 e. The van der Waals surface area contributed by atoms with Crippen LogP contribution in [0.2, 0.25) is 0 Å². The van der Waals surface area contributed by atoms with E-state index < -0.39 is 0 Å². The number of carbonyl (C=O) groups excluding carboxylic acids is 1. The van der Waals surface area contributed by atoms with Crippen molar-refractivity contribution >= 4 is 5.91 Å². The standard InChI is InChI=1S/C16H26N2O/c1-13-8-5-6-9-14(13)12-16(2,3)18-15(19)10-7-11-17-4/h5-6,8-9,17H,7,10-12H2,1-4H3,(H,18,19). The predicted molar refractivity (Wildman–Crippen MR) is 80.3 cm³/mol. The van der Waals surface area contributed by atoms with Gasteiger partial charge in [0.1, 0.15) is 0 Å². The van der Waals surface area contributed by atoms with Gasteiger partial charge in [-0.3, -0.25) is 4.79 Å². The molecule has 3 nitrogen and oxygen atoms in total. The van der Waals surface area contributed by atoms with Gasteiger partial charge in [0, 0.05) is 12.0 Å². The molecule has 1 aromatic rings. The maximum absolute atomic E-state index is 11.9. The maximum Gasteiger partial charge on any atom is 0.220 e. The molecule has 0 atom stereocenters. The molecule has 1 amide bonds. The molecule has 0 saturated carbocycles. The van der Waals surface area contributed by atoms with E-state index in [1.807, 2.05) is 19.2 Å². The van der Waals surface area contributed by atoms with Crippen LogP contribution in [-0.4, -0.2) is 25.0 Å². The van der Waals surface area contributed by atoms with Crippen molar-refractivity contribution in [2.45, 2.75) is 45.6 Å². The van der Waals surface area contributed by atoms with E-state index in [0.717, 1.165) is 19.4 Å². The Bertz CT molecular complexity index is 413. The zero-order valence-electron chi connectivity index (χ0n) is 12.5. The first-order valence-electron chi connectivity index (χ1n) is 6.95. The van der Waals surface area contributed by atoms with Crippen LogP contribution in [0, 0.1) is 6.92 Å². The topological polar surface area (TPSA) is 41.1 Å². The summed E-state index contributed by atoms with van der Waals surface area (Å²) in [5.41, 5.74) is 2.37. The normalized spacial score (nSPS) is 11.4. The van der Waals surface area contributed by atoms with Gasteiger partial charge in [-0.05, 0) is 58.3 Å². The molecular formula is C16H26N2O. The van der Waals surface area contributed by atoms with Crippen LogP contribution in [0.1, 0.15) is 37.8 Å². The van der Waals surface area contributed by atoms with Crippen molar-refractivity contribution in [3.05, 3.63) is 35.4 Å². The lowest BCUT2D eigenvalue weighted by atomic mass is 9.92. The van der Waals surface area contributed by atoms with Gasteiger partial charge < -0.3 is 10.6 Å². The van der Waals surface area contributed by atoms with E-state index in [4.69, 9.17) is 0 Å². The van der Waals surface area contributed by atoms with Crippen molar-refractivity contribution in [2.24, 2.45) is 0 Å². The minimum absolute atomic E-state index is 0.133. The van der Waals surface area contributed by atoms with Gasteiger partial charge in [-0.25, -0.2) is 0 Å². The molecule has 106 valence electrons. The molecular weight excluding hydrogens is 236 g/mol. The second-order valence-electron chi connectivity index (χ2n) is 5.74. The SMILES string of the molecule is CNCCCC(=O)NC(C)(C)Cc1ccccc1C. The lowest BCUT2D eigenvalue weighted by Gasteiger charge is -2.27. The summed E-state index contributed by atoms with van der Waals surface area (Å²) in [5.74, 6) is 0.133. The molecule has 19 heavy (non-hydrogen) atoms. The van der Waals surface area contributed by atoms with Gasteiger partial charge in [-0.2, -0.15) is 0 Å². The third-order valence-electron chi connectivity index (χ3n) is 3.20. The van der Waals surface area contributed by atoms with Crippen molar-refractivity contribution in [3.8, 4) is 0 Å². The number of hydrogen-bond acceptors (Lipinski definition) is 2. The van der Waals surface area contributed by atoms with Crippen LogP contribution >= 0.6 is 0 Å². The highest BCUT2D eigenvalue weighted by atomic mass is 16.1.